The topological polar surface area (TPSA) is 0 Å². The van der Waals surface area contributed by atoms with Gasteiger partial charge in [0, 0.05) is 0 Å². The van der Waals surface area contributed by atoms with Gasteiger partial charge in [-0.15, -0.1) is 0 Å². The highest BCUT2D eigenvalue weighted by Gasteiger charge is 2.63. The Kier molecular flexibility index (Phi) is 16.8. The number of benzene rings is 6. The van der Waals surface area contributed by atoms with Crippen molar-refractivity contribution in [2.45, 2.75) is 241 Å². The SMILES string of the molecule is CC(C)CCC[C@@H](C)[C@H]1CC[C@H]2[C@@H]3CC[C@H]4CC(c5ccc(-c6cccc(C7(c8cccc(-c9ccc(C%10CC[C@@]%11(C)[C@@H](CC[C@@H]%12[C@@H]%11CC[C@]%11(C)[C@@H]([C@H](C)CCCC(C)C)CC[C@@H]%12%11)C%10)cc9)c8)c8ccccc8-c8ccccc87)c6)cc5)CC[C@]4(C)[C@H]3CC[C@]12C. The lowest BCUT2D eigenvalue weighted by Crippen LogP contribution is -2.53. The van der Waals surface area contributed by atoms with Crippen LogP contribution in [0, 0.1) is 105 Å². The summed E-state index contributed by atoms with van der Waals surface area (Å²) in [5.74, 6) is 14.1. The van der Waals surface area contributed by atoms with Crippen LogP contribution < -0.4 is 0 Å². The fourth-order valence-corrected chi connectivity index (χ4v) is 26.0. The Bertz CT molecular complexity index is 3290. The Morgan fingerprint density at radius 2 is 0.747 bits per heavy atom. The van der Waals surface area contributed by atoms with Gasteiger partial charge in [0.05, 0.1) is 5.41 Å². The zero-order valence-corrected chi connectivity index (χ0v) is 58.6. The molecule has 0 saturated heterocycles. The van der Waals surface area contributed by atoms with Gasteiger partial charge in [0.1, 0.15) is 0 Å². The van der Waals surface area contributed by atoms with Crippen LogP contribution in [0.4, 0.5) is 0 Å². The van der Waals surface area contributed by atoms with E-state index >= 15 is 0 Å². The molecule has 0 heteroatoms. The van der Waals surface area contributed by atoms with Crippen molar-refractivity contribution in [2.24, 2.45) is 105 Å². The largest absolute Gasteiger partial charge is 0.0713 e. The van der Waals surface area contributed by atoms with E-state index in [2.05, 4.69) is 215 Å². The molecule has 0 radical (unpaired) electrons. The van der Waals surface area contributed by atoms with Gasteiger partial charge in [-0.05, 0) is 311 Å². The van der Waals surface area contributed by atoms with Crippen molar-refractivity contribution in [1.82, 2.24) is 0 Å². The molecule has 6 aromatic rings. The molecule has 15 rings (SSSR count). The van der Waals surface area contributed by atoms with Gasteiger partial charge < -0.3 is 0 Å². The molecule has 482 valence electrons. The van der Waals surface area contributed by atoms with Crippen molar-refractivity contribution in [1.29, 1.82) is 0 Å². The molecule has 0 amide bonds. The van der Waals surface area contributed by atoms with Crippen LogP contribution in [0.25, 0.3) is 33.4 Å². The number of hydrogen-bond acceptors (Lipinski definition) is 0. The zero-order valence-electron chi connectivity index (χ0n) is 58.6. The summed E-state index contributed by atoms with van der Waals surface area (Å²) < 4.78 is 0. The van der Waals surface area contributed by atoms with E-state index < -0.39 is 5.41 Å². The molecule has 0 bridgehead atoms. The normalized spacial score (nSPS) is 35.9. The summed E-state index contributed by atoms with van der Waals surface area (Å²) in [5.41, 5.74) is 18.4. The summed E-state index contributed by atoms with van der Waals surface area (Å²) in [4.78, 5) is 0. The first kappa shape index (κ1) is 62.4. The maximum Gasteiger partial charge on any atom is 0.0713 e. The van der Waals surface area contributed by atoms with Crippen LogP contribution in [-0.4, -0.2) is 0 Å². The van der Waals surface area contributed by atoms with Crippen LogP contribution in [0.2, 0.25) is 0 Å². The van der Waals surface area contributed by atoms with Crippen LogP contribution in [0.1, 0.15) is 269 Å². The van der Waals surface area contributed by atoms with Crippen molar-refractivity contribution in [3.63, 3.8) is 0 Å². The zero-order chi connectivity index (χ0) is 62.6. The van der Waals surface area contributed by atoms with Crippen LogP contribution in [0.15, 0.2) is 146 Å². The molecule has 8 saturated carbocycles. The molecule has 0 aliphatic heterocycles. The predicted molar refractivity (Wildman–Crippen MR) is 386 cm³/mol. The van der Waals surface area contributed by atoms with Crippen molar-refractivity contribution in [3.05, 3.63) is 179 Å². The Balaban J connectivity index is 0.644. The van der Waals surface area contributed by atoms with E-state index in [0.717, 1.165) is 82.9 Å². The van der Waals surface area contributed by atoms with Crippen LogP contribution >= 0.6 is 0 Å². The minimum absolute atomic E-state index is 0.468. The number of rotatable bonds is 16. The van der Waals surface area contributed by atoms with Gasteiger partial charge in [-0.3, -0.25) is 0 Å². The van der Waals surface area contributed by atoms with E-state index in [1.807, 2.05) is 0 Å². The van der Waals surface area contributed by atoms with E-state index in [9.17, 15) is 0 Å². The first-order valence-corrected chi connectivity index (χ1v) is 38.6. The highest BCUT2D eigenvalue weighted by Crippen LogP contribution is 2.71. The molecular formula is C91H118. The Morgan fingerprint density at radius 3 is 1.16 bits per heavy atom. The van der Waals surface area contributed by atoms with Crippen LogP contribution in [0.3, 0.4) is 0 Å². The lowest BCUT2D eigenvalue weighted by atomic mass is 9.43. The summed E-state index contributed by atoms with van der Waals surface area (Å²) in [6.07, 6.45) is 34.8. The van der Waals surface area contributed by atoms with Gasteiger partial charge in [0.25, 0.3) is 0 Å². The number of hydrogen-bond donors (Lipinski definition) is 0. The Labute approximate surface area is 554 Å². The molecule has 0 nitrogen and oxygen atoms in total. The molecule has 6 aromatic carbocycles. The average molecular weight is 1210 g/mol. The van der Waals surface area contributed by atoms with Gasteiger partial charge in [-0.25, -0.2) is 0 Å². The molecular weight excluding hydrogens is 1090 g/mol. The third-order valence-corrected chi connectivity index (χ3v) is 30.7. The third kappa shape index (κ3) is 10.5. The van der Waals surface area contributed by atoms with Crippen LogP contribution in [0.5, 0.6) is 0 Å². The fraction of sp³-hybridized carbons (Fsp3) is 0.604. The van der Waals surface area contributed by atoms with E-state index in [0.29, 0.717) is 33.5 Å². The van der Waals surface area contributed by atoms with E-state index in [1.165, 1.54) is 210 Å². The average Bonchev–Trinajstić information content (AvgIpc) is 1.64. The lowest BCUT2D eigenvalue weighted by molar-refractivity contribution is -0.117. The molecule has 8 fully saturated rings. The van der Waals surface area contributed by atoms with Crippen molar-refractivity contribution >= 4 is 0 Å². The molecule has 9 aliphatic carbocycles. The van der Waals surface area contributed by atoms with E-state index in [1.54, 1.807) is 11.1 Å². The summed E-state index contributed by atoms with van der Waals surface area (Å²) in [5, 5.41) is 0. The Hall–Kier alpha value is -4.68. The molecule has 0 aromatic heterocycles. The maximum atomic E-state index is 2.79. The molecule has 0 spiro atoms. The highest BCUT2D eigenvalue weighted by molar-refractivity contribution is 5.87. The minimum Gasteiger partial charge on any atom is -0.0628 e. The summed E-state index contributed by atoms with van der Waals surface area (Å²) in [6.45, 7) is 26.1. The molecule has 2 unspecified atom stereocenters. The summed E-state index contributed by atoms with van der Waals surface area (Å²) >= 11 is 0. The van der Waals surface area contributed by atoms with Crippen molar-refractivity contribution in [2.75, 3.05) is 0 Å². The molecule has 9 aliphatic rings. The smallest absolute Gasteiger partial charge is 0.0628 e. The van der Waals surface area contributed by atoms with E-state index in [-0.39, 0.29) is 0 Å². The summed E-state index contributed by atoms with van der Waals surface area (Å²) in [6, 6.07) is 58.2. The molecule has 0 heterocycles. The predicted octanol–water partition coefficient (Wildman–Crippen LogP) is 25.8. The summed E-state index contributed by atoms with van der Waals surface area (Å²) in [7, 11) is 0. The minimum atomic E-state index is -0.468. The van der Waals surface area contributed by atoms with Gasteiger partial charge in [0.2, 0.25) is 0 Å². The second-order valence-electron chi connectivity index (χ2n) is 35.6. The monoisotopic (exact) mass is 1210 g/mol. The van der Waals surface area contributed by atoms with Crippen molar-refractivity contribution in [3.8, 4) is 33.4 Å². The van der Waals surface area contributed by atoms with E-state index in [4.69, 9.17) is 0 Å². The second kappa shape index (κ2) is 24.5. The molecule has 91 heavy (non-hydrogen) atoms. The number of fused-ring (bicyclic) bond motifs is 13. The lowest BCUT2D eigenvalue weighted by Gasteiger charge is -2.61. The van der Waals surface area contributed by atoms with Gasteiger partial charge in [-0.2, -0.15) is 0 Å². The first-order chi connectivity index (χ1) is 44.0. The molecule has 18 atom stereocenters. The standard InChI is InChI=1S/C91H118/c1-59(2)19-15-21-61(5)79-43-45-81-77-41-39-71-55-69(47-51-87(71,7)83(77)49-53-89(79,81)9)65-35-31-63(32-36-65)67-23-17-25-73(57-67)91(85-29-13-11-27-75(85)76-28-12-14-30-86(76)91)74-26-18-24-68(58-74)64-33-37-66(38-34-64)70-48-52-88(8)72(56-70)40-42-78-82-46-44-80(62(6)22-16-20-60(3)4)90(82,10)54-50-84(78)88/h11-14,17-18,23-38,57-62,69-72,77-84H,15-16,19-22,39-56H2,1-10H3/t61-,62-,69?,70?,71+,72+,77+,78+,79-,80-,81+,82+,83+,84+,87+,88+,89-,90-/m1/s1. The highest BCUT2D eigenvalue weighted by atomic mass is 14.7. The maximum absolute atomic E-state index is 2.79. The van der Waals surface area contributed by atoms with Crippen molar-refractivity contribution < 1.29 is 0 Å². The van der Waals surface area contributed by atoms with Crippen LogP contribution in [-0.2, 0) is 5.41 Å². The first-order valence-electron chi connectivity index (χ1n) is 38.6. The Morgan fingerprint density at radius 1 is 0.352 bits per heavy atom. The van der Waals surface area contributed by atoms with Gasteiger partial charge in [-0.1, -0.05) is 241 Å². The second-order valence-corrected chi connectivity index (χ2v) is 35.6. The van der Waals surface area contributed by atoms with Gasteiger partial charge >= 0.3 is 0 Å². The van der Waals surface area contributed by atoms with Gasteiger partial charge in [0.15, 0.2) is 0 Å². The fourth-order valence-electron chi connectivity index (χ4n) is 26.0. The molecule has 0 N–H and O–H groups in total. The third-order valence-electron chi connectivity index (χ3n) is 30.7. The quantitative estimate of drug-likeness (QED) is 0.0905.